The summed E-state index contributed by atoms with van der Waals surface area (Å²) in [6, 6.07) is 9.10. The molecule has 1 amide bonds. The minimum absolute atomic E-state index is 0.165. The van der Waals surface area contributed by atoms with E-state index in [1.807, 2.05) is 17.5 Å². The largest absolute Gasteiger partial charge is 0.451 e. The summed E-state index contributed by atoms with van der Waals surface area (Å²) in [5.74, 6) is -1.57. The van der Waals surface area contributed by atoms with Gasteiger partial charge in [0.05, 0.1) is 4.88 Å². The lowest BCUT2D eigenvalue weighted by atomic mass is 10.3. The van der Waals surface area contributed by atoms with Crippen molar-refractivity contribution < 1.29 is 18.7 Å². The Morgan fingerprint density at radius 1 is 1.17 bits per heavy atom. The second kappa shape index (κ2) is 7.33. The first-order valence-electron chi connectivity index (χ1n) is 6.84. The van der Waals surface area contributed by atoms with Crippen LogP contribution >= 0.6 is 22.7 Å². The highest BCUT2D eigenvalue weighted by Crippen LogP contribution is 2.27. The maximum atomic E-state index is 12.8. The Morgan fingerprint density at radius 3 is 2.67 bits per heavy atom. The molecule has 0 radical (unpaired) electrons. The van der Waals surface area contributed by atoms with Gasteiger partial charge in [-0.1, -0.05) is 6.07 Å². The van der Waals surface area contributed by atoms with Crippen molar-refractivity contribution in [3.05, 3.63) is 58.7 Å². The summed E-state index contributed by atoms with van der Waals surface area (Å²) in [7, 11) is 0. The van der Waals surface area contributed by atoms with E-state index in [1.165, 1.54) is 46.9 Å². The Morgan fingerprint density at radius 2 is 1.96 bits per heavy atom. The Labute approximate surface area is 144 Å². The molecule has 2 aromatic heterocycles. The minimum Gasteiger partial charge on any atom is -0.451 e. The van der Waals surface area contributed by atoms with E-state index < -0.39 is 24.3 Å². The number of thiophene rings is 1. The van der Waals surface area contributed by atoms with Gasteiger partial charge in [-0.2, -0.15) is 0 Å². The van der Waals surface area contributed by atoms with E-state index in [1.54, 1.807) is 5.38 Å². The van der Waals surface area contributed by atoms with Crippen molar-refractivity contribution in [1.29, 1.82) is 0 Å². The van der Waals surface area contributed by atoms with E-state index in [-0.39, 0.29) is 5.69 Å². The van der Waals surface area contributed by atoms with Crippen LogP contribution in [0.15, 0.2) is 47.2 Å². The zero-order chi connectivity index (χ0) is 16.9. The number of carbonyl (C=O) groups is 2. The Bertz CT molecular complexity index is 845. The lowest BCUT2D eigenvalue weighted by molar-refractivity contribution is -0.119. The van der Waals surface area contributed by atoms with Crippen LogP contribution in [0, 0.1) is 5.82 Å². The quantitative estimate of drug-likeness (QED) is 0.701. The van der Waals surface area contributed by atoms with Gasteiger partial charge in [0.2, 0.25) is 0 Å². The average molecular weight is 362 g/mol. The molecular formula is C16H11FN2O3S2. The highest BCUT2D eigenvalue weighted by Gasteiger charge is 2.15. The zero-order valence-electron chi connectivity index (χ0n) is 12.2. The van der Waals surface area contributed by atoms with E-state index >= 15 is 0 Å². The highest BCUT2D eigenvalue weighted by atomic mass is 32.1. The number of rotatable bonds is 5. The number of hydrogen-bond donors (Lipinski definition) is 1. The molecule has 0 bridgehead atoms. The predicted molar refractivity (Wildman–Crippen MR) is 90.7 cm³/mol. The van der Waals surface area contributed by atoms with Crippen molar-refractivity contribution in [2.24, 2.45) is 0 Å². The molecule has 1 aromatic carbocycles. The predicted octanol–water partition coefficient (Wildman–Crippen LogP) is 3.81. The molecule has 0 saturated heterocycles. The second-order valence-electron chi connectivity index (χ2n) is 4.65. The fourth-order valence-corrected chi connectivity index (χ4v) is 3.42. The summed E-state index contributed by atoms with van der Waals surface area (Å²) in [6.45, 7) is -0.442. The van der Waals surface area contributed by atoms with E-state index in [9.17, 15) is 14.0 Å². The molecule has 0 aliphatic rings. The average Bonchev–Trinajstić information content (AvgIpc) is 3.25. The summed E-state index contributed by atoms with van der Waals surface area (Å²) in [6.07, 6.45) is 0. The number of esters is 1. The summed E-state index contributed by atoms with van der Waals surface area (Å²) >= 11 is 2.86. The highest BCUT2D eigenvalue weighted by molar-refractivity contribution is 7.20. The fourth-order valence-electron chi connectivity index (χ4n) is 1.82. The Hall–Kier alpha value is -2.58. The number of hydrogen-bond acceptors (Lipinski definition) is 6. The maximum absolute atomic E-state index is 12.8. The first kappa shape index (κ1) is 16.3. The molecule has 3 rings (SSSR count). The van der Waals surface area contributed by atoms with Crippen molar-refractivity contribution >= 4 is 40.2 Å². The van der Waals surface area contributed by atoms with Crippen LogP contribution in [0.1, 0.15) is 10.5 Å². The van der Waals surface area contributed by atoms with Gasteiger partial charge in [-0.15, -0.1) is 22.7 Å². The van der Waals surface area contributed by atoms with Crippen molar-refractivity contribution in [3.8, 4) is 9.88 Å². The van der Waals surface area contributed by atoms with Gasteiger partial charge in [0.15, 0.2) is 12.3 Å². The first-order valence-corrected chi connectivity index (χ1v) is 8.60. The number of halogens is 1. The van der Waals surface area contributed by atoms with Crippen LogP contribution in [0.2, 0.25) is 0 Å². The third-order valence-corrected chi connectivity index (χ3v) is 4.79. The van der Waals surface area contributed by atoms with Gasteiger partial charge in [0.25, 0.3) is 5.91 Å². The van der Waals surface area contributed by atoms with Crippen molar-refractivity contribution in [3.63, 3.8) is 0 Å². The minimum atomic E-state index is -0.664. The van der Waals surface area contributed by atoms with Gasteiger partial charge < -0.3 is 10.1 Å². The maximum Gasteiger partial charge on any atom is 0.358 e. The molecule has 0 aliphatic heterocycles. The van der Waals surface area contributed by atoms with E-state index in [0.717, 1.165) is 9.88 Å². The van der Waals surface area contributed by atoms with Gasteiger partial charge in [-0.05, 0) is 35.7 Å². The number of thiazole rings is 1. The van der Waals surface area contributed by atoms with Crippen LogP contribution < -0.4 is 5.32 Å². The molecule has 5 nitrogen and oxygen atoms in total. The van der Waals surface area contributed by atoms with Crippen LogP contribution in [-0.4, -0.2) is 23.5 Å². The zero-order valence-corrected chi connectivity index (χ0v) is 13.8. The number of aromatic nitrogens is 1. The van der Waals surface area contributed by atoms with E-state index in [0.29, 0.717) is 5.69 Å². The lowest BCUT2D eigenvalue weighted by Gasteiger charge is -2.05. The number of nitrogens with one attached hydrogen (secondary N) is 1. The molecule has 0 fully saturated rings. The monoisotopic (exact) mass is 362 g/mol. The molecular weight excluding hydrogens is 351 g/mol. The first-order chi connectivity index (χ1) is 11.6. The van der Waals surface area contributed by atoms with Crippen LogP contribution in [0.5, 0.6) is 0 Å². The molecule has 24 heavy (non-hydrogen) atoms. The molecule has 0 spiro atoms. The third kappa shape index (κ3) is 4.03. The number of benzene rings is 1. The molecule has 3 aromatic rings. The van der Waals surface area contributed by atoms with Crippen LogP contribution in [0.4, 0.5) is 10.1 Å². The topological polar surface area (TPSA) is 68.3 Å². The summed E-state index contributed by atoms with van der Waals surface area (Å²) in [4.78, 5) is 28.8. The fraction of sp³-hybridized carbons (Fsp3) is 0.0625. The van der Waals surface area contributed by atoms with Gasteiger partial charge in [-0.25, -0.2) is 14.2 Å². The van der Waals surface area contributed by atoms with Gasteiger partial charge >= 0.3 is 5.97 Å². The molecule has 1 N–H and O–H groups in total. The van der Waals surface area contributed by atoms with Crippen molar-refractivity contribution in [2.75, 3.05) is 11.9 Å². The van der Waals surface area contributed by atoms with Gasteiger partial charge in [0, 0.05) is 11.1 Å². The van der Waals surface area contributed by atoms with Crippen molar-refractivity contribution in [1.82, 2.24) is 4.98 Å². The van der Waals surface area contributed by atoms with Crippen LogP contribution in [0.25, 0.3) is 9.88 Å². The van der Waals surface area contributed by atoms with E-state index in [2.05, 4.69) is 10.3 Å². The third-order valence-electron chi connectivity index (χ3n) is 2.91. The van der Waals surface area contributed by atoms with Crippen LogP contribution in [-0.2, 0) is 9.53 Å². The Balaban J connectivity index is 1.53. The number of amides is 1. The molecule has 0 saturated carbocycles. The molecule has 8 heteroatoms. The SMILES string of the molecule is O=C(COC(=O)c1csc(-c2cccs2)n1)Nc1ccc(F)cc1. The van der Waals surface area contributed by atoms with Crippen molar-refractivity contribution in [2.45, 2.75) is 0 Å². The molecule has 122 valence electrons. The summed E-state index contributed by atoms with van der Waals surface area (Å²) < 4.78 is 17.7. The molecule has 0 aliphatic carbocycles. The molecule has 2 heterocycles. The molecule has 0 atom stereocenters. The summed E-state index contributed by atoms with van der Waals surface area (Å²) in [5.41, 5.74) is 0.587. The second-order valence-corrected chi connectivity index (χ2v) is 6.45. The van der Waals surface area contributed by atoms with E-state index in [4.69, 9.17) is 4.74 Å². The van der Waals surface area contributed by atoms with Crippen LogP contribution in [0.3, 0.4) is 0 Å². The Kier molecular flexibility index (Phi) is 4.97. The number of ether oxygens (including phenoxy) is 1. The normalized spacial score (nSPS) is 10.4. The number of carbonyl (C=O) groups excluding carboxylic acids is 2. The lowest BCUT2D eigenvalue weighted by Crippen LogP contribution is -2.21. The van der Waals surface area contributed by atoms with Gasteiger partial charge in [0.1, 0.15) is 10.8 Å². The number of nitrogens with zero attached hydrogens (tertiary/aromatic N) is 1. The smallest absolute Gasteiger partial charge is 0.358 e. The summed E-state index contributed by atoms with van der Waals surface area (Å²) in [5, 5.41) is 6.75. The number of anilines is 1. The standard InChI is InChI=1S/C16H11FN2O3S2/c17-10-3-5-11(6-4-10)18-14(20)8-22-16(21)12-9-24-15(19-12)13-2-1-7-23-13/h1-7,9H,8H2,(H,18,20). The molecule has 0 unspecified atom stereocenters. The van der Waals surface area contributed by atoms with Gasteiger partial charge in [-0.3, -0.25) is 4.79 Å².